The standard InChI is InChI=1S/C5H9NO3S.Li.H/c1-3(7)6-4(2-10)5(8)9;;/h4,10H,2H2,1H3,(H,6,7)(H,8,9);;/q;+1;-1/t4-;;/m0../s1. The second kappa shape index (κ2) is 6.59. The van der Waals surface area contributed by atoms with Crippen LogP contribution in [0.25, 0.3) is 0 Å². The second-order valence-corrected chi connectivity index (χ2v) is 2.14. The van der Waals surface area contributed by atoms with E-state index in [0.29, 0.717) is 0 Å². The van der Waals surface area contributed by atoms with Crippen LogP contribution in [0.5, 0.6) is 0 Å². The summed E-state index contributed by atoms with van der Waals surface area (Å²) in [4.78, 5) is 20.5. The van der Waals surface area contributed by atoms with Crippen LogP contribution in [0.15, 0.2) is 0 Å². The molecule has 0 heterocycles. The van der Waals surface area contributed by atoms with Crippen molar-refractivity contribution < 1.29 is 35.0 Å². The van der Waals surface area contributed by atoms with Gasteiger partial charge in [0.25, 0.3) is 0 Å². The minimum Gasteiger partial charge on any atom is -1.00 e. The number of carbonyl (C=O) groups excluding carboxylic acids is 1. The first kappa shape index (κ1) is 13.5. The quantitative estimate of drug-likeness (QED) is 0.306. The van der Waals surface area contributed by atoms with Crippen LogP contribution in [0.4, 0.5) is 0 Å². The summed E-state index contributed by atoms with van der Waals surface area (Å²) < 4.78 is 0. The molecular weight excluding hydrogens is 161 g/mol. The summed E-state index contributed by atoms with van der Waals surface area (Å²) in [5.74, 6) is -1.32. The zero-order valence-corrected chi connectivity index (χ0v) is 7.39. The second-order valence-electron chi connectivity index (χ2n) is 1.77. The van der Waals surface area contributed by atoms with Crippen LogP contribution in [-0.2, 0) is 9.59 Å². The van der Waals surface area contributed by atoms with E-state index in [4.69, 9.17) is 5.11 Å². The number of nitrogens with one attached hydrogen (secondary N) is 1. The Bertz CT molecular complexity index is 158. The van der Waals surface area contributed by atoms with E-state index in [1.54, 1.807) is 0 Å². The summed E-state index contributed by atoms with van der Waals surface area (Å²) in [6.07, 6.45) is 0. The van der Waals surface area contributed by atoms with Gasteiger partial charge in [-0.3, -0.25) is 4.79 Å². The molecule has 6 heteroatoms. The van der Waals surface area contributed by atoms with Crippen LogP contribution < -0.4 is 24.2 Å². The molecule has 0 saturated carbocycles. The number of carboxylic acids is 1. The van der Waals surface area contributed by atoms with Gasteiger partial charge in [-0.15, -0.1) is 0 Å². The minimum atomic E-state index is -1.06. The predicted molar refractivity (Wildman–Crippen MR) is 40.2 cm³/mol. The van der Waals surface area contributed by atoms with E-state index in [0.717, 1.165) is 0 Å². The van der Waals surface area contributed by atoms with Crippen LogP contribution in [0, 0.1) is 0 Å². The maximum Gasteiger partial charge on any atom is 1.00 e. The first-order valence-corrected chi connectivity index (χ1v) is 3.32. The van der Waals surface area contributed by atoms with Crippen molar-refractivity contribution >= 4 is 24.5 Å². The molecule has 0 unspecified atom stereocenters. The van der Waals surface area contributed by atoms with Gasteiger partial charge in [-0.05, 0) is 0 Å². The smallest absolute Gasteiger partial charge is 1.00 e. The Morgan fingerprint density at radius 3 is 2.27 bits per heavy atom. The Labute approximate surface area is 83.8 Å². The summed E-state index contributed by atoms with van der Waals surface area (Å²) in [7, 11) is 0. The minimum absolute atomic E-state index is 0. The SMILES string of the molecule is CC(=O)N[C@@H](CS)C(=O)O.[H-].[Li+]. The molecule has 0 spiro atoms. The van der Waals surface area contributed by atoms with E-state index in [1.807, 2.05) is 0 Å². The summed E-state index contributed by atoms with van der Waals surface area (Å²) >= 11 is 3.73. The van der Waals surface area contributed by atoms with Gasteiger partial charge in [0, 0.05) is 12.7 Å². The fraction of sp³-hybridized carbons (Fsp3) is 0.600. The third-order valence-corrected chi connectivity index (χ3v) is 1.22. The molecule has 0 aliphatic rings. The van der Waals surface area contributed by atoms with Gasteiger partial charge in [0.2, 0.25) is 5.91 Å². The molecule has 1 atom stereocenters. The molecule has 1 amide bonds. The number of hydrogen-bond donors (Lipinski definition) is 3. The van der Waals surface area contributed by atoms with E-state index < -0.39 is 12.0 Å². The van der Waals surface area contributed by atoms with Gasteiger partial charge in [-0.1, -0.05) is 0 Å². The Hall–Kier alpha value is -0.113. The molecule has 0 fully saturated rings. The van der Waals surface area contributed by atoms with Crippen LogP contribution in [-0.4, -0.2) is 28.8 Å². The molecule has 60 valence electrons. The van der Waals surface area contributed by atoms with E-state index in [9.17, 15) is 9.59 Å². The number of carboxylic acid groups (broad SMARTS) is 1. The molecule has 0 bridgehead atoms. The molecule has 0 rings (SSSR count). The summed E-state index contributed by atoms with van der Waals surface area (Å²) in [5.41, 5.74) is 0. The van der Waals surface area contributed by atoms with Crippen molar-refractivity contribution in [1.82, 2.24) is 5.32 Å². The van der Waals surface area contributed by atoms with Crippen LogP contribution in [0.3, 0.4) is 0 Å². The molecule has 0 aliphatic heterocycles. The zero-order valence-electron chi connectivity index (χ0n) is 7.50. The Kier molecular flexibility index (Phi) is 8.07. The normalized spacial score (nSPS) is 11.1. The molecule has 0 aromatic rings. The number of rotatable bonds is 3. The van der Waals surface area contributed by atoms with Crippen molar-refractivity contribution in [3.05, 3.63) is 0 Å². The Morgan fingerprint density at radius 2 is 2.18 bits per heavy atom. The van der Waals surface area contributed by atoms with E-state index in [1.165, 1.54) is 6.92 Å². The van der Waals surface area contributed by atoms with Crippen molar-refractivity contribution in [2.45, 2.75) is 13.0 Å². The number of hydrogen-bond acceptors (Lipinski definition) is 3. The molecule has 0 aliphatic carbocycles. The molecular formula is C5H10LiNO3S. The maximum atomic E-state index is 10.3. The maximum absolute atomic E-state index is 10.3. The zero-order chi connectivity index (χ0) is 8.15. The van der Waals surface area contributed by atoms with Gasteiger partial charge in [-0.2, -0.15) is 12.6 Å². The Morgan fingerprint density at radius 1 is 1.73 bits per heavy atom. The van der Waals surface area contributed by atoms with Crippen molar-refractivity contribution in [2.75, 3.05) is 5.75 Å². The van der Waals surface area contributed by atoms with Crippen molar-refractivity contribution in [1.29, 1.82) is 0 Å². The monoisotopic (exact) mass is 171 g/mol. The molecule has 11 heavy (non-hydrogen) atoms. The van der Waals surface area contributed by atoms with E-state index in [-0.39, 0.29) is 31.9 Å². The van der Waals surface area contributed by atoms with Gasteiger partial charge in [0.1, 0.15) is 6.04 Å². The van der Waals surface area contributed by atoms with Crippen molar-refractivity contribution in [3.63, 3.8) is 0 Å². The largest absolute Gasteiger partial charge is 1.00 e. The summed E-state index contributed by atoms with van der Waals surface area (Å²) in [5, 5.41) is 10.6. The number of aliphatic carboxylic acids is 1. The van der Waals surface area contributed by atoms with Gasteiger partial charge in [-0.25, -0.2) is 4.79 Å². The fourth-order valence-electron chi connectivity index (χ4n) is 0.431. The first-order valence-electron chi connectivity index (χ1n) is 2.68. The third-order valence-electron chi connectivity index (χ3n) is 0.858. The van der Waals surface area contributed by atoms with Gasteiger partial charge in [0.05, 0.1) is 0 Å². The van der Waals surface area contributed by atoms with Gasteiger partial charge < -0.3 is 11.8 Å². The van der Waals surface area contributed by atoms with E-state index >= 15 is 0 Å². The molecule has 0 aromatic carbocycles. The number of thiol groups is 1. The fourth-order valence-corrected chi connectivity index (χ4v) is 0.678. The average molecular weight is 171 g/mol. The first-order chi connectivity index (χ1) is 4.57. The Balaban J connectivity index is -0.000000405. The van der Waals surface area contributed by atoms with Crippen molar-refractivity contribution in [2.24, 2.45) is 0 Å². The predicted octanol–water partition coefficient (Wildman–Crippen LogP) is -3.38. The summed E-state index contributed by atoms with van der Waals surface area (Å²) in [6, 6.07) is -0.874. The topological polar surface area (TPSA) is 66.4 Å². The number of amides is 1. The number of carbonyl (C=O) groups is 2. The molecule has 0 radical (unpaired) electrons. The molecule has 0 aromatic heterocycles. The van der Waals surface area contributed by atoms with E-state index in [2.05, 4.69) is 17.9 Å². The molecule has 2 N–H and O–H groups in total. The van der Waals surface area contributed by atoms with Crippen LogP contribution in [0.2, 0.25) is 0 Å². The van der Waals surface area contributed by atoms with Crippen LogP contribution in [0.1, 0.15) is 8.35 Å². The van der Waals surface area contributed by atoms with Gasteiger partial charge >= 0.3 is 24.8 Å². The van der Waals surface area contributed by atoms with Crippen molar-refractivity contribution in [3.8, 4) is 0 Å². The third kappa shape index (κ3) is 6.29. The molecule has 4 nitrogen and oxygen atoms in total. The average Bonchev–Trinajstić information content (AvgIpc) is 1.81. The summed E-state index contributed by atoms with van der Waals surface area (Å²) in [6.45, 7) is 1.26. The molecule has 0 saturated heterocycles. The van der Waals surface area contributed by atoms with Gasteiger partial charge in [0.15, 0.2) is 0 Å². The van der Waals surface area contributed by atoms with Crippen LogP contribution >= 0.6 is 12.6 Å².